The molecular weight excluding hydrogens is 349 g/mol. The molecule has 10 heteroatoms. The molecule has 0 spiro atoms. The largest absolute Gasteiger partial charge is 0.508 e. The number of nitrogens with two attached hydrogens (primary N) is 1. The lowest BCUT2D eigenvalue weighted by Crippen LogP contribution is -2.21. The Labute approximate surface area is 149 Å². The predicted octanol–water partition coefficient (Wildman–Crippen LogP) is 1.85. The van der Waals surface area contributed by atoms with Gasteiger partial charge in [0.15, 0.2) is 0 Å². The Morgan fingerprint density at radius 3 is 2.31 bits per heavy atom. The number of halogens is 3. The molecule has 4 N–H and O–H groups in total. The highest BCUT2D eigenvalue weighted by Gasteiger charge is 2.38. The number of aromatic hydroxyl groups is 1. The molecule has 1 aromatic heterocycles. The number of piperidine rings is 1. The normalized spacial score (nSPS) is 13.8. The first-order valence-corrected chi connectivity index (χ1v) is 7.85. The van der Waals surface area contributed by atoms with Gasteiger partial charge in [0.25, 0.3) is 5.82 Å². The summed E-state index contributed by atoms with van der Waals surface area (Å²) in [5, 5.41) is 21.9. The molecule has 2 aromatic rings. The van der Waals surface area contributed by atoms with E-state index in [2.05, 4.69) is 33.7 Å². The number of nitrogens with one attached hydrogen (secondary N) is 1. The van der Waals surface area contributed by atoms with Gasteiger partial charge in [-0.3, -0.25) is 0 Å². The fourth-order valence-corrected chi connectivity index (χ4v) is 2.21. The topological polar surface area (TPSA) is 102 Å². The van der Waals surface area contributed by atoms with Gasteiger partial charge in [0, 0.05) is 12.1 Å². The van der Waals surface area contributed by atoms with Crippen LogP contribution in [0.2, 0.25) is 0 Å². The monoisotopic (exact) mass is 370 g/mol. The van der Waals surface area contributed by atoms with Crippen molar-refractivity contribution in [3.63, 3.8) is 0 Å². The lowest BCUT2D eigenvalue weighted by molar-refractivity contribution is -0.146. The molecule has 7 nitrogen and oxygen atoms in total. The summed E-state index contributed by atoms with van der Waals surface area (Å²) in [7, 11) is 0. The smallest absolute Gasteiger partial charge is 0.453 e. The van der Waals surface area contributed by atoms with Crippen LogP contribution in [0.15, 0.2) is 18.2 Å². The molecule has 0 amide bonds. The van der Waals surface area contributed by atoms with E-state index in [0.717, 1.165) is 0 Å². The number of terminal acetylenes is 1. The average molecular weight is 370 g/mol. The van der Waals surface area contributed by atoms with E-state index in [9.17, 15) is 18.3 Å². The van der Waals surface area contributed by atoms with Crippen LogP contribution in [0, 0.1) is 12.8 Å². The summed E-state index contributed by atoms with van der Waals surface area (Å²) >= 11 is 0. The van der Waals surface area contributed by atoms with Crippen molar-refractivity contribution in [1.82, 2.24) is 25.5 Å². The number of nitrogens with zero attached hydrogens (tertiary/aromatic N) is 4. The molecule has 0 bridgehead atoms. The Hall–Kier alpha value is -2.64. The minimum Gasteiger partial charge on any atom is -0.508 e. The molecule has 1 saturated heterocycles. The van der Waals surface area contributed by atoms with Crippen LogP contribution in [0.25, 0.3) is 5.69 Å². The van der Waals surface area contributed by atoms with E-state index < -0.39 is 12.0 Å². The van der Waals surface area contributed by atoms with E-state index in [1.54, 1.807) is 0 Å². The van der Waals surface area contributed by atoms with E-state index in [1.807, 2.05) is 0 Å². The number of hydrogen-bond acceptors (Lipinski definition) is 6. The highest BCUT2D eigenvalue weighted by Crippen LogP contribution is 2.29. The van der Waals surface area contributed by atoms with Gasteiger partial charge in [-0.15, -0.1) is 17.9 Å². The number of rotatable bonds is 2. The Bertz CT molecular complexity index is 683. The standard InChI is InChI=1S/C9H8F3N5O.C5H11N.C2H2/c10-9(11,12)8-14-15-16-17(8)6-1-2-7(18)5(3-6)4-13;1-2-4-6-5-3-1;1-2/h1-3,18H,4,13H2;6H,1-5H2;1-2H. The summed E-state index contributed by atoms with van der Waals surface area (Å²) in [6.07, 6.45) is 7.55. The number of phenols is 1. The molecule has 0 unspecified atom stereocenters. The third-order valence-corrected chi connectivity index (χ3v) is 3.46. The van der Waals surface area contributed by atoms with Gasteiger partial charge in [0.1, 0.15) is 5.75 Å². The number of phenolic OH excluding ortho intramolecular Hbond substituents is 1. The van der Waals surface area contributed by atoms with Gasteiger partial charge in [0.2, 0.25) is 0 Å². The second-order valence-corrected chi connectivity index (χ2v) is 5.24. The van der Waals surface area contributed by atoms with Crippen molar-refractivity contribution < 1.29 is 18.3 Å². The highest BCUT2D eigenvalue weighted by atomic mass is 19.4. The quantitative estimate of drug-likeness (QED) is 0.698. The van der Waals surface area contributed by atoms with Crippen molar-refractivity contribution >= 4 is 0 Å². The molecular formula is C16H21F3N6O. The van der Waals surface area contributed by atoms with Crippen LogP contribution < -0.4 is 11.1 Å². The molecule has 1 aliphatic heterocycles. The van der Waals surface area contributed by atoms with Crippen LogP contribution in [-0.4, -0.2) is 38.4 Å². The van der Waals surface area contributed by atoms with Gasteiger partial charge < -0.3 is 16.2 Å². The molecule has 0 saturated carbocycles. The van der Waals surface area contributed by atoms with E-state index in [-0.39, 0.29) is 18.0 Å². The van der Waals surface area contributed by atoms with Crippen LogP contribution in [0.1, 0.15) is 30.7 Å². The molecule has 0 aliphatic carbocycles. The van der Waals surface area contributed by atoms with E-state index in [1.165, 1.54) is 50.6 Å². The number of aromatic nitrogens is 4. The summed E-state index contributed by atoms with van der Waals surface area (Å²) in [5.41, 5.74) is 5.73. The zero-order valence-corrected chi connectivity index (χ0v) is 14.1. The molecule has 1 aromatic carbocycles. The fourth-order valence-electron chi connectivity index (χ4n) is 2.21. The Balaban J connectivity index is 0.000000353. The van der Waals surface area contributed by atoms with Crippen LogP contribution in [-0.2, 0) is 12.7 Å². The third-order valence-electron chi connectivity index (χ3n) is 3.46. The van der Waals surface area contributed by atoms with Crippen LogP contribution >= 0.6 is 0 Å². The summed E-state index contributed by atoms with van der Waals surface area (Å²) < 4.78 is 38.3. The molecule has 2 heterocycles. The van der Waals surface area contributed by atoms with Crippen molar-refractivity contribution in [2.45, 2.75) is 32.0 Å². The maximum Gasteiger partial charge on any atom is 0.453 e. The summed E-state index contributed by atoms with van der Waals surface area (Å²) in [5.74, 6) is -1.33. The lowest BCUT2D eigenvalue weighted by atomic mass is 10.2. The molecule has 142 valence electrons. The number of alkyl halides is 3. The van der Waals surface area contributed by atoms with Crippen molar-refractivity contribution in [2.75, 3.05) is 13.1 Å². The first-order chi connectivity index (χ1) is 12.4. The van der Waals surface area contributed by atoms with Crippen LogP contribution in [0.4, 0.5) is 13.2 Å². The molecule has 26 heavy (non-hydrogen) atoms. The average Bonchev–Trinajstić information content (AvgIpc) is 3.16. The maximum atomic E-state index is 12.6. The second kappa shape index (κ2) is 10.4. The Kier molecular flexibility index (Phi) is 8.54. The zero-order chi connectivity index (χ0) is 19.6. The molecule has 0 radical (unpaired) electrons. The number of hydrogen-bond donors (Lipinski definition) is 3. The van der Waals surface area contributed by atoms with E-state index >= 15 is 0 Å². The summed E-state index contributed by atoms with van der Waals surface area (Å²) in [6, 6.07) is 3.79. The Morgan fingerprint density at radius 2 is 1.85 bits per heavy atom. The molecule has 1 fully saturated rings. The minimum atomic E-state index is -4.66. The molecule has 0 atom stereocenters. The van der Waals surface area contributed by atoms with Crippen LogP contribution in [0.5, 0.6) is 5.75 Å². The van der Waals surface area contributed by atoms with Gasteiger partial charge in [-0.2, -0.15) is 17.9 Å². The van der Waals surface area contributed by atoms with Gasteiger partial charge in [-0.05, 0) is 54.6 Å². The first kappa shape index (κ1) is 21.4. The lowest BCUT2D eigenvalue weighted by Gasteiger charge is -2.09. The van der Waals surface area contributed by atoms with Crippen molar-refractivity contribution in [2.24, 2.45) is 5.73 Å². The van der Waals surface area contributed by atoms with Crippen LogP contribution in [0.3, 0.4) is 0 Å². The zero-order valence-electron chi connectivity index (χ0n) is 14.1. The summed E-state index contributed by atoms with van der Waals surface area (Å²) in [4.78, 5) is 0. The fraction of sp³-hybridized carbons (Fsp3) is 0.438. The third kappa shape index (κ3) is 6.02. The first-order valence-electron chi connectivity index (χ1n) is 7.85. The van der Waals surface area contributed by atoms with E-state index in [0.29, 0.717) is 10.2 Å². The SMILES string of the molecule is C#C.C1CCNCC1.NCc1cc(-n2nnnc2C(F)(F)F)ccc1O. The molecule has 3 rings (SSSR count). The van der Waals surface area contributed by atoms with Gasteiger partial charge in [0.05, 0.1) is 5.69 Å². The molecule has 1 aliphatic rings. The van der Waals surface area contributed by atoms with Gasteiger partial charge in [-0.1, -0.05) is 6.42 Å². The van der Waals surface area contributed by atoms with Gasteiger partial charge in [-0.25, -0.2) is 0 Å². The van der Waals surface area contributed by atoms with Crippen molar-refractivity contribution in [3.05, 3.63) is 29.6 Å². The summed E-state index contributed by atoms with van der Waals surface area (Å²) in [6.45, 7) is 2.49. The van der Waals surface area contributed by atoms with E-state index in [4.69, 9.17) is 5.73 Å². The van der Waals surface area contributed by atoms with Gasteiger partial charge >= 0.3 is 6.18 Å². The van der Waals surface area contributed by atoms with Crippen molar-refractivity contribution in [3.8, 4) is 24.3 Å². The maximum absolute atomic E-state index is 12.6. The van der Waals surface area contributed by atoms with Crippen molar-refractivity contribution in [1.29, 1.82) is 0 Å². The predicted molar refractivity (Wildman–Crippen MR) is 90.3 cm³/mol. The highest BCUT2D eigenvalue weighted by molar-refractivity contribution is 5.43. The minimum absolute atomic E-state index is 0.0108. The second-order valence-electron chi connectivity index (χ2n) is 5.24. The Morgan fingerprint density at radius 1 is 1.19 bits per heavy atom. The number of benzene rings is 1. The number of tetrazole rings is 1.